The van der Waals surface area contributed by atoms with Crippen LogP contribution < -0.4 is 10.1 Å². The Morgan fingerprint density at radius 1 is 1.47 bits per heavy atom. The quantitative estimate of drug-likeness (QED) is 0.782. The van der Waals surface area contributed by atoms with Gasteiger partial charge in [0, 0.05) is 12.0 Å². The number of aromatic nitrogens is 2. The average Bonchev–Trinajstić information content (AvgIpc) is 3.11. The zero-order chi connectivity index (χ0) is 12.3. The van der Waals surface area contributed by atoms with Crippen LogP contribution in [-0.2, 0) is 0 Å². The molecule has 0 amide bonds. The second-order valence-electron chi connectivity index (χ2n) is 4.60. The summed E-state index contributed by atoms with van der Waals surface area (Å²) in [5.41, 5.74) is 0.992. The van der Waals surface area contributed by atoms with Gasteiger partial charge >= 0.3 is 0 Å². The SMILES string of the molecule is CCOc1ncnc(NCC2(CO)CC2)c1C. The number of nitrogens with one attached hydrogen (secondary N) is 1. The van der Waals surface area contributed by atoms with Crippen LogP contribution in [0.3, 0.4) is 0 Å². The molecule has 1 aliphatic carbocycles. The first-order chi connectivity index (χ1) is 8.21. The van der Waals surface area contributed by atoms with Gasteiger partial charge in [0.25, 0.3) is 0 Å². The molecule has 0 unspecified atom stereocenters. The zero-order valence-electron chi connectivity index (χ0n) is 10.4. The molecule has 0 bridgehead atoms. The molecular formula is C12H19N3O2. The normalized spacial score (nSPS) is 16.6. The van der Waals surface area contributed by atoms with Gasteiger partial charge < -0.3 is 15.2 Å². The summed E-state index contributed by atoms with van der Waals surface area (Å²) in [5.74, 6) is 1.42. The van der Waals surface area contributed by atoms with Crippen LogP contribution >= 0.6 is 0 Å². The molecule has 5 heteroatoms. The highest BCUT2D eigenvalue weighted by Gasteiger charge is 2.41. The van der Waals surface area contributed by atoms with Gasteiger partial charge in [-0.05, 0) is 26.7 Å². The fourth-order valence-corrected chi connectivity index (χ4v) is 1.73. The van der Waals surface area contributed by atoms with E-state index in [1.54, 1.807) is 0 Å². The van der Waals surface area contributed by atoms with Crippen molar-refractivity contribution in [2.45, 2.75) is 26.7 Å². The molecule has 0 aliphatic heterocycles. The minimum Gasteiger partial charge on any atom is -0.478 e. The molecule has 0 radical (unpaired) electrons. The Bertz CT molecular complexity index is 391. The van der Waals surface area contributed by atoms with Crippen LogP contribution in [0.1, 0.15) is 25.3 Å². The molecular weight excluding hydrogens is 218 g/mol. The highest BCUT2D eigenvalue weighted by atomic mass is 16.5. The third-order valence-electron chi connectivity index (χ3n) is 3.24. The fourth-order valence-electron chi connectivity index (χ4n) is 1.73. The van der Waals surface area contributed by atoms with Crippen LogP contribution in [0.25, 0.3) is 0 Å². The summed E-state index contributed by atoms with van der Waals surface area (Å²) >= 11 is 0. The van der Waals surface area contributed by atoms with Crippen LogP contribution in [0.15, 0.2) is 6.33 Å². The molecule has 0 atom stereocenters. The zero-order valence-corrected chi connectivity index (χ0v) is 10.4. The Morgan fingerprint density at radius 3 is 2.82 bits per heavy atom. The molecule has 5 nitrogen and oxygen atoms in total. The summed E-state index contributed by atoms with van der Waals surface area (Å²) in [5, 5.41) is 12.5. The number of aliphatic hydroxyl groups is 1. The van der Waals surface area contributed by atoms with Gasteiger partial charge in [-0.2, -0.15) is 0 Å². The number of hydrogen-bond donors (Lipinski definition) is 2. The molecule has 0 spiro atoms. The number of nitrogens with zero attached hydrogens (tertiary/aromatic N) is 2. The van der Waals surface area contributed by atoms with E-state index in [4.69, 9.17) is 4.74 Å². The van der Waals surface area contributed by atoms with Crippen molar-refractivity contribution in [2.75, 3.05) is 25.1 Å². The second-order valence-corrected chi connectivity index (χ2v) is 4.60. The molecule has 1 heterocycles. The predicted octanol–water partition coefficient (Wildman–Crippen LogP) is 1.37. The third kappa shape index (κ3) is 2.66. The Balaban J connectivity index is 2.03. The van der Waals surface area contributed by atoms with Crippen molar-refractivity contribution in [3.8, 4) is 5.88 Å². The lowest BCUT2D eigenvalue weighted by atomic mass is 10.1. The Hall–Kier alpha value is -1.36. The molecule has 1 saturated carbocycles. The van der Waals surface area contributed by atoms with E-state index in [1.165, 1.54) is 6.33 Å². The molecule has 1 aromatic heterocycles. The molecule has 1 aliphatic rings. The van der Waals surface area contributed by atoms with E-state index < -0.39 is 0 Å². The fraction of sp³-hybridized carbons (Fsp3) is 0.667. The first-order valence-corrected chi connectivity index (χ1v) is 6.00. The van der Waals surface area contributed by atoms with E-state index in [9.17, 15) is 5.11 Å². The Morgan fingerprint density at radius 2 is 2.24 bits per heavy atom. The van der Waals surface area contributed by atoms with Crippen molar-refractivity contribution in [3.63, 3.8) is 0 Å². The van der Waals surface area contributed by atoms with Gasteiger partial charge in [-0.3, -0.25) is 0 Å². The standard InChI is InChI=1S/C12H19N3O2/c1-3-17-11-9(2)10(14-8-15-11)13-6-12(7-16)4-5-12/h8,16H,3-7H2,1-2H3,(H,13,14,15). The minimum absolute atomic E-state index is 0.0726. The van der Waals surface area contributed by atoms with Crippen LogP contribution in [0, 0.1) is 12.3 Å². The van der Waals surface area contributed by atoms with Crippen molar-refractivity contribution >= 4 is 5.82 Å². The number of ether oxygens (including phenoxy) is 1. The van der Waals surface area contributed by atoms with Crippen LogP contribution in [0.5, 0.6) is 5.88 Å². The van der Waals surface area contributed by atoms with Gasteiger partial charge in [0.2, 0.25) is 5.88 Å². The van der Waals surface area contributed by atoms with Crippen molar-refractivity contribution in [2.24, 2.45) is 5.41 Å². The van der Waals surface area contributed by atoms with Crippen molar-refractivity contribution < 1.29 is 9.84 Å². The van der Waals surface area contributed by atoms with Gasteiger partial charge in [0.1, 0.15) is 12.1 Å². The van der Waals surface area contributed by atoms with E-state index in [1.807, 2.05) is 13.8 Å². The molecule has 0 aromatic carbocycles. The molecule has 2 rings (SSSR count). The van der Waals surface area contributed by atoms with Crippen molar-refractivity contribution in [1.82, 2.24) is 9.97 Å². The lowest BCUT2D eigenvalue weighted by Gasteiger charge is -2.15. The van der Waals surface area contributed by atoms with Gasteiger partial charge in [-0.25, -0.2) is 9.97 Å². The molecule has 94 valence electrons. The maximum atomic E-state index is 9.25. The number of anilines is 1. The van der Waals surface area contributed by atoms with E-state index in [-0.39, 0.29) is 12.0 Å². The lowest BCUT2D eigenvalue weighted by molar-refractivity contribution is 0.219. The highest BCUT2D eigenvalue weighted by molar-refractivity contribution is 5.47. The first kappa shape index (κ1) is 12.1. The number of hydrogen-bond acceptors (Lipinski definition) is 5. The predicted molar refractivity (Wildman–Crippen MR) is 65.2 cm³/mol. The van der Waals surface area contributed by atoms with E-state index >= 15 is 0 Å². The highest BCUT2D eigenvalue weighted by Crippen LogP contribution is 2.45. The first-order valence-electron chi connectivity index (χ1n) is 6.00. The van der Waals surface area contributed by atoms with Crippen LogP contribution in [0.2, 0.25) is 0 Å². The maximum Gasteiger partial charge on any atom is 0.221 e. The Kier molecular flexibility index (Phi) is 3.47. The van der Waals surface area contributed by atoms with Gasteiger partial charge in [-0.15, -0.1) is 0 Å². The monoisotopic (exact) mass is 237 g/mol. The lowest BCUT2D eigenvalue weighted by Crippen LogP contribution is -2.20. The summed E-state index contributed by atoms with van der Waals surface area (Å²) < 4.78 is 5.41. The topological polar surface area (TPSA) is 67.3 Å². The molecule has 1 aromatic rings. The van der Waals surface area contributed by atoms with Gasteiger partial charge in [-0.1, -0.05) is 0 Å². The second kappa shape index (κ2) is 4.87. The van der Waals surface area contributed by atoms with Gasteiger partial charge in [0.05, 0.1) is 18.8 Å². The molecule has 1 fully saturated rings. The van der Waals surface area contributed by atoms with Gasteiger partial charge in [0.15, 0.2) is 0 Å². The largest absolute Gasteiger partial charge is 0.478 e. The summed E-state index contributed by atoms with van der Waals surface area (Å²) in [6.45, 7) is 5.46. The molecule has 0 saturated heterocycles. The molecule has 2 N–H and O–H groups in total. The van der Waals surface area contributed by atoms with Crippen LogP contribution in [0.4, 0.5) is 5.82 Å². The van der Waals surface area contributed by atoms with Crippen molar-refractivity contribution in [3.05, 3.63) is 11.9 Å². The maximum absolute atomic E-state index is 9.25. The van der Waals surface area contributed by atoms with E-state index in [0.29, 0.717) is 12.5 Å². The third-order valence-corrected chi connectivity index (χ3v) is 3.24. The van der Waals surface area contributed by atoms with Crippen LogP contribution in [-0.4, -0.2) is 34.8 Å². The molecule has 17 heavy (non-hydrogen) atoms. The Labute approximate surface area is 101 Å². The minimum atomic E-state index is 0.0726. The van der Waals surface area contributed by atoms with E-state index in [2.05, 4.69) is 15.3 Å². The smallest absolute Gasteiger partial charge is 0.221 e. The number of aliphatic hydroxyl groups excluding tert-OH is 1. The summed E-state index contributed by atoms with van der Waals surface area (Å²) in [6, 6.07) is 0. The number of rotatable bonds is 6. The summed E-state index contributed by atoms with van der Waals surface area (Å²) in [6.07, 6.45) is 3.66. The summed E-state index contributed by atoms with van der Waals surface area (Å²) in [7, 11) is 0. The van der Waals surface area contributed by atoms with Crippen molar-refractivity contribution in [1.29, 1.82) is 0 Å². The average molecular weight is 237 g/mol. The van der Waals surface area contributed by atoms with E-state index in [0.717, 1.165) is 30.8 Å². The summed E-state index contributed by atoms with van der Waals surface area (Å²) in [4.78, 5) is 8.29.